The van der Waals surface area contributed by atoms with Gasteiger partial charge in [-0.1, -0.05) is 19.8 Å². The fraction of sp³-hybridized carbons (Fsp3) is 0.769. The number of nitrogens with zero attached hydrogens (tertiary/aromatic N) is 1. The Balaban J connectivity index is 1.77. The highest BCUT2D eigenvalue weighted by molar-refractivity contribution is 4.90. The lowest BCUT2D eigenvalue weighted by Gasteiger charge is -2.14. The second-order valence-electron chi connectivity index (χ2n) is 5.06. The Bertz CT molecular complexity index is 321. The molecule has 1 N–H and O–H groups in total. The van der Waals surface area contributed by atoms with Gasteiger partial charge in [0.15, 0.2) is 0 Å². The number of rotatable bonds is 3. The molecule has 1 heterocycles. The van der Waals surface area contributed by atoms with Crippen LogP contribution in [0.1, 0.15) is 50.7 Å². The molecule has 2 unspecified atom stereocenters. The van der Waals surface area contributed by atoms with Crippen molar-refractivity contribution in [3.63, 3.8) is 0 Å². The monoisotopic (exact) mass is 222 g/mol. The predicted molar refractivity (Wildman–Crippen MR) is 64.1 cm³/mol. The van der Waals surface area contributed by atoms with Crippen LogP contribution in [0.25, 0.3) is 0 Å². The van der Waals surface area contributed by atoms with E-state index in [1.165, 1.54) is 32.1 Å². The van der Waals surface area contributed by atoms with Gasteiger partial charge in [-0.15, -0.1) is 0 Å². The van der Waals surface area contributed by atoms with E-state index < -0.39 is 0 Å². The average molecular weight is 222 g/mol. The molecule has 1 saturated carbocycles. The van der Waals surface area contributed by atoms with Crippen LogP contribution in [0.3, 0.4) is 0 Å². The molecular weight excluding hydrogens is 200 g/mol. The quantitative estimate of drug-likeness (QED) is 0.799. The van der Waals surface area contributed by atoms with Crippen molar-refractivity contribution in [2.75, 3.05) is 0 Å². The molecule has 0 bridgehead atoms. The first-order valence-corrected chi connectivity index (χ1v) is 6.38. The molecule has 3 nitrogen and oxygen atoms in total. The summed E-state index contributed by atoms with van der Waals surface area (Å²) in [4.78, 5) is 4.21. The van der Waals surface area contributed by atoms with Crippen molar-refractivity contribution < 1.29 is 4.42 Å². The van der Waals surface area contributed by atoms with Gasteiger partial charge in [0.2, 0.25) is 5.89 Å². The van der Waals surface area contributed by atoms with Gasteiger partial charge in [-0.25, -0.2) is 4.98 Å². The van der Waals surface area contributed by atoms with Crippen molar-refractivity contribution in [1.29, 1.82) is 0 Å². The Labute approximate surface area is 97.6 Å². The Morgan fingerprint density at radius 1 is 1.38 bits per heavy atom. The van der Waals surface area contributed by atoms with Crippen LogP contribution in [0.4, 0.5) is 0 Å². The zero-order valence-electron chi connectivity index (χ0n) is 10.3. The SMILES string of the molecule is Cc1cnc(CNC2CCCC(C)CC2)o1. The molecule has 2 atom stereocenters. The lowest BCUT2D eigenvalue weighted by molar-refractivity contribution is 0.397. The van der Waals surface area contributed by atoms with Crippen LogP contribution in [0.5, 0.6) is 0 Å². The topological polar surface area (TPSA) is 38.1 Å². The van der Waals surface area contributed by atoms with E-state index in [1.54, 1.807) is 6.20 Å². The van der Waals surface area contributed by atoms with E-state index in [0.29, 0.717) is 6.04 Å². The molecular formula is C13H22N2O. The van der Waals surface area contributed by atoms with E-state index >= 15 is 0 Å². The molecule has 0 amide bonds. The lowest BCUT2D eigenvalue weighted by Crippen LogP contribution is -2.28. The molecule has 2 rings (SSSR count). The molecule has 1 aromatic rings. The Morgan fingerprint density at radius 2 is 2.25 bits per heavy atom. The number of hydrogen-bond acceptors (Lipinski definition) is 3. The van der Waals surface area contributed by atoms with Gasteiger partial charge in [-0.05, 0) is 32.1 Å². The third-order valence-corrected chi connectivity index (χ3v) is 3.47. The largest absolute Gasteiger partial charge is 0.445 e. The summed E-state index contributed by atoms with van der Waals surface area (Å²) in [7, 11) is 0. The normalized spacial score (nSPS) is 26.6. The molecule has 0 saturated heterocycles. The molecule has 16 heavy (non-hydrogen) atoms. The van der Waals surface area contributed by atoms with Crippen LogP contribution in [0, 0.1) is 12.8 Å². The van der Waals surface area contributed by atoms with Crippen molar-refractivity contribution >= 4 is 0 Å². The minimum atomic E-state index is 0.650. The zero-order chi connectivity index (χ0) is 11.4. The third-order valence-electron chi connectivity index (χ3n) is 3.47. The fourth-order valence-corrected chi connectivity index (χ4v) is 2.41. The van der Waals surface area contributed by atoms with Gasteiger partial charge in [0.1, 0.15) is 5.76 Å². The van der Waals surface area contributed by atoms with Gasteiger partial charge in [0.05, 0.1) is 12.7 Å². The molecule has 0 aromatic carbocycles. The highest BCUT2D eigenvalue weighted by atomic mass is 16.4. The van der Waals surface area contributed by atoms with Crippen LogP contribution >= 0.6 is 0 Å². The first-order chi connectivity index (χ1) is 7.74. The van der Waals surface area contributed by atoms with Crippen LogP contribution in [0.2, 0.25) is 0 Å². The second kappa shape index (κ2) is 5.48. The Kier molecular flexibility index (Phi) is 3.99. The smallest absolute Gasteiger partial charge is 0.208 e. The van der Waals surface area contributed by atoms with Crippen molar-refractivity contribution in [2.45, 2.75) is 58.5 Å². The van der Waals surface area contributed by atoms with Gasteiger partial charge >= 0.3 is 0 Å². The van der Waals surface area contributed by atoms with E-state index in [9.17, 15) is 0 Å². The maximum atomic E-state index is 5.45. The molecule has 90 valence electrons. The maximum Gasteiger partial charge on any atom is 0.208 e. The number of aryl methyl sites for hydroxylation is 1. The minimum Gasteiger partial charge on any atom is -0.445 e. The molecule has 1 aliphatic rings. The lowest BCUT2D eigenvalue weighted by atomic mass is 10.0. The van der Waals surface area contributed by atoms with Gasteiger partial charge in [-0.3, -0.25) is 0 Å². The molecule has 0 radical (unpaired) electrons. The summed E-state index contributed by atoms with van der Waals surface area (Å²) in [6.07, 6.45) is 8.46. The molecule has 1 aliphatic carbocycles. The van der Waals surface area contributed by atoms with E-state index in [1.807, 2.05) is 6.92 Å². The van der Waals surface area contributed by atoms with Gasteiger partial charge < -0.3 is 9.73 Å². The number of aromatic nitrogens is 1. The summed E-state index contributed by atoms with van der Waals surface area (Å²) in [5.74, 6) is 2.61. The van der Waals surface area contributed by atoms with Crippen LogP contribution in [-0.4, -0.2) is 11.0 Å². The summed E-state index contributed by atoms with van der Waals surface area (Å²) < 4.78 is 5.45. The second-order valence-corrected chi connectivity index (χ2v) is 5.06. The van der Waals surface area contributed by atoms with E-state index in [4.69, 9.17) is 4.42 Å². The molecule has 0 aliphatic heterocycles. The molecule has 3 heteroatoms. The predicted octanol–water partition coefficient (Wildman–Crippen LogP) is 3.04. The summed E-state index contributed by atoms with van der Waals surface area (Å²) in [6, 6.07) is 0.650. The van der Waals surface area contributed by atoms with Crippen LogP contribution < -0.4 is 5.32 Å². The van der Waals surface area contributed by atoms with E-state index in [-0.39, 0.29) is 0 Å². The fourth-order valence-electron chi connectivity index (χ4n) is 2.41. The van der Waals surface area contributed by atoms with Crippen molar-refractivity contribution in [1.82, 2.24) is 10.3 Å². The van der Waals surface area contributed by atoms with Crippen molar-refractivity contribution in [2.24, 2.45) is 5.92 Å². The standard InChI is InChI=1S/C13H22N2O/c1-10-4-3-5-12(7-6-10)14-9-13-15-8-11(2)16-13/h8,10,12,14H,3-7,9H2,1-2H3. The summed E-state index contributed by atoms with van der Waals surface area (Å²) in [6.45, 7) is 5.07. The van der Waals surface area contributed by atoms with Gasteiger partial charge in [0, 0.05) is 6.04 Å². The first-order valence-electron chi connectivity index (χ1n) is 6.38. The maximum absolute atomic E-state index is 5.45. The number of hydrogen-bond donors (Lipinski definition) is 1. The summed E-state index contributed by atoms with van der Waals surface area (Å²) >= 11 is 0. The number of oxazole rings is 1. The minimum absolute atomic E-state index is 0.650. The molecule has 1 aromatic heterocycles. The highest BCUT2D eigenvalue weighted by Crippen LogP contribution is 2.22. The Hall–Kier alpha value is -0.830. The summed E-state index contributed by atoms with van der Waals surface area (Å²) in [5.41, 5.74) is 0. The molecule has 1 fully saturated rings. The first kappa shape index (κ1) is 11.6. The van der Waals surface area contributed by atoms with Gasteiger partial charge in [0.25, 0.3) is 0 Å². The average Bonchev–Trinajstić information content (AvgIpc) is 2.56. The van der Waals surface area contributed by atoms with Crippen molar-refractivity contribution in [3.05, 3.63) is 17.8 Å². The highest BCUT2D eigenvalue weighted by Gasteiger charge is 2.16. The van der Waals surface area contributed by atoms with Crippen LogP contribution in [-0.2, 0) is 6.54 Å². The number of nitrogens with one attached hydrogen (secondary N) is 1. The summed E-state index contributed by atoms with van der Waals surface area (Å²) in [5, 5.41) is 3.56. The van der Waals surface area contributed by atoms with Crippen molar-refractivity contribution in [3.8, 4) is 0 Å². The van der Waals surface area contributed by atoms with Gasteiger partial charge in [-0.2, -0.15) is 0 Å². The third kappa shape index (κ3) is 3.34. The Morgan fingerprint density at radius 3 is 3.00 bits per heavy atom. The van der Waals surface area contributed by atoms with Crippen LogP contribution in [0.15, 0.2) is 10.6 Å². The van der Waals surface area contributed by atoms with E-state index in [0.717, 1.165) is 24.1 Å². The molecule has 0 spiro atoms. The van der Waals surface area contributed by atoms with E-state index in [2.05, 4.69) is 17.2 Å². The zero-order valence-corrected chi connectivity index (χ0v) is 10.3.